The van der Waals surface area contributed by atoms with Gasteiger partial charge >= 0.3 is 5.97 Å². The number of hydrogen-bond donors (Lipinski definition) is 0. The Hall–Kier alpha value is -2.79. The van der Waals surface area contributed by atoms with Crippen molar-refractivity contribution in [3.8, 4) is 5.75 Å². The van der Waals surface area contributed by atoms with Gasteiger partial charge in [-0.25, -0.2) is 8.78 Å². The molecule has 28 heavy (non-hydrogen) atoms. The van der Waals surface area contributed by atoms with Gasteiger partial charge in [-0.3, -0.25) is 19.3 Å². The van der Waals surface area contributed by atoms with Crippen LogP contribution in [-0.4, -0.2) is 55.7 Å². The van der Waals surface area contributed by atoms with Crippen LogP contribution in [0.4, 0.5) is 17.6 Å². The van der Waals surface area contributed by atoms with Gasteiger partial charge in [0.05, 0.1) is 39.4 Å². The van der Waals surface area contributed by atoms with Crippen molar-refractivity contribution in [2.75, 3.05) is 33.0 Å². The maximum Gasteiger partial charge on any atom is 0.313 e. The number of halogens is 4. The van der Waals surface area contributed by atoms with Crippen LogP contribution in [0.25, 0.3) is 0 Å². The summed E-state index contributed by atoms with van der Waals surface area (Å²) in [5, 5.41) is 0. The molecule has 1 aliphatic heterocycles. The lowest BCUT2D eigenvalue weighted by atomic mass is 10.3. The zero-order valence-corrected chi connectivity index (χ0v) is 14.4. The van der Waals surface area contributed by atoms with Gasteiger partial charge in [-0.05, 0) is 0 Å². The molecule has 1 aromatic rings. The Balaban J connectivity index is 1.59. The van der Waals surface area contributed by atoms with E-state index in [2.05, 4.69) is 4.74 Å². The number of carbonyl (C=O) groups excluding carboxylic acids is 3. The predicted octanol–water partition coefficient (Wildman–Crippen LogP) is 1.50. The maximum absolute atomic E-state index is 13.4. The Kier molecular flexibility index (Phi) is 7.64. The SMILES string of the molecule is O=C(CCOCCOCCN1C(=O)C=CC1=O)Oc1c(F)c(F)cc(F)c1F. The van der Waals surface area contributed by atoms with Crippen LogP contribution in [0, 0.1) is 23.3 Å². The molecule has 2 rings (SSSR count). The number of nitrogens with zero attached hydrogens (tertiary/aromatic N) is 1. The standard InChI is InChI=1S/C17H15F4NO6/c18-10-9-11(19)16(21)17(15(10)20)28-14(25)3-5-26-7-8-27-6-4-22-12(23)1-2-13(22)24/h1-2,9H,3-8H2. The summed E-state index contributed by atoms with van der Waals surface area (Å²) in [5.74, 6) is -10.5. The highest BCUT2D eigenvalue weighted by molar-refractivity contribution is 6.12. The second-order valence-corrected chi connectivity index (χ2v) is 5.41. The number of amides is 2. The minimum Gasteiger partial charge on any atom is -0.420 e. The molecular weight excluding hydrogens is 390 g/mol. The zero-order valence-electron chi connectivity index (χ0n) is 14.4. The summed E-state index contributed by atoms with van der Waals surface area (Å²) in [6.07, 6.45) is 1.88. The average molecular weight is 405 g/mol. The van der Waals surface area contributed by atoms with Gasteiger partial charge in [-0.15, -0.1) is 0 Å². The molecule has 0 radical (unpaired) electrons. The molecule has 0 bridgehead atoms. The van der Waals surface area contributed by atoms with Gasteiger partial charge in [0.2, 0.25) is 17.4 Å². The van der Waals surface area contributed by atoms with Gasteiger partial charge in [0.15, 0.2) is 11.6 Å². The van der Waals surface area contributed by atoms with Crippen LogP contribution in [-0.2, 0) is 23.9 Å². The molecule has 0 aromatic heterocycles. The Morgan fingerprint density at radius 3 is 1.96 bits per heavy atom. The van der Waals surface area contributed by atoms with E-state index in [4.69, 9.17) is 9.47 Å². The number of esters is 1. The predicted molar refractivity (Wildman–Crippen MR) is 84.0 cm³/mol. The molecule has 0 saturated carbocycles. The summed E-state index contributed by atoms with van der Waals surface area (Å²) in [7, 11) is 0. The van der Waals surface area contributed by atoms with Crippen molar-refractivity contribution in [2.45, 2.75) is 6.42 Å². The summed E-state index contributed by atoms with van der Waals surface area (Å²) in [6.45, 7) is 0.116. The van der Waals surface area contributed by atoms with Crippen molar-refractivity contribution in [2.24, 2.45) is 0 Å². The minimum atomic E-state index is -1.81. The number of carbonyl (C=O) groups is 3. The van der Waals surface area contributed by atoms with Gasteiger partial charge in [-0.2, -0.15) is 8.78 Å². The highest BCUT2D eigenvalue weighted by Gasteiger charge is 2.23. The molecule has 0 unspecified atom stereocenters. The first-order valence-corrected chi connectivity index (χ1v) is 8.04. The highest BCUT2D eigenvalue weighted by atomic mass is 19.2. The Labute approximate surface area is 156 Å². The fraction of sp³-hybridized carbons (Fsp3) is 0.353. The van der Waals surface area contributed by atoms with E-state index in [0.29, 0.717) is 0 Å². The molecule has 0 fully saturated rings. The highest BCUT2D eigenvalue weighted by Crippen LogP contribution is 2.26. The third-order valence-corrected chi connectivity index (χ3v) is 3.47. The van der Waals surface area contributed by atoms with Crippen LogP contribution in [0.1, 0.15) is 6.42 Å². The average Bonchev–Trinajstić information content (AvgIpc) is 2.97. The summed E-state index contributed by atoms with van der Waals surface area (Å²) in [5.41, 5.74) is 0. The van der Waals surface area contributed by atoms with E-state index in [1.54, 1.807) is 0 Å². The Morgan fingerprint density at radius 1 is 0.857 bits per heavy atom. The third kappa shape index (κ3) is 5.60. The van der Waals surface area contributed by atoms with Crippen LogP contribution in [0.5, 0.6) is 5.75 Å². The molecule has 0 atom stereocenters. The lowest BCUT2D eigenvalue weighted by molar-refractivity contribution is -0.138. The first-order valence-electron chi connectivity index (χ1n) is 8.04. The van der Waals surface area contributed by atoms with Gasteiger partial charge in [-0.1, -0.05) is 0 Å². The van der Waals surface area contributed by atoms with E-state index in [1.165, 1.54) is 0 Å². The summed E-state index contributed by atoms with van der Waals surface area (Å²) < 4.78 is 67.3. The number of rotatable bonds is 10. The molecule has 0 aliphatic carbocycles. The second-order valence-electron chi connectivity index (χ2n) is 5.41. The Morgan fingerprint density at radius 2 is 1.39 bits per heavy atom. The fourth-order valence-electron chi connectivity index (χ4n) is 2.09. The Bertz CT molecular complexity index is 754. The van der Waals surface area contributed by atoms with Crippen molar-refractivity contribution in [3.63, 3.8) is 0 Å². The quantitative estimate of drug-likeness (QED) is 0.147. The molecule has 2 amide bonds. The smallest absolute Gasteiger partial charge is 0.313 e. The van der Waals surface area contributed by atoms with E-state index in [9.17, 15) is 31.9 Å². The van der Waals surface area contributed by atoms with Gasteiger partial charge in [0.25, 0.3) is 11.8 Å². The van der Waals surface area contributed by atoms with Crippen molar-refractivity contribution in [1.82, 2.24) is 4.90 Å². The van der Waals surface area contributed by atoms with Crippen LogP contribution in [0.2, 0.25) is 0 Å². The van der Waals surface area contributed by atoms with Crippen molar-refractivity contribution in [1.29, 1.82) is 0 Å². The molecule has 152 valence electrons. The normalized spacial score (nSPS) is 13.5. The van der Waals surface area contributed by atoms with E-state index in [-0.39, 0.29) is 39.0 Å². The van der Waals surface area contributed by atoms with Gasteiger partial charge in [0, 0.05) is 18.2 Å². The number of ether oxygens (including phenoxy) is 3. The van der Waals surface area contributed by atoms with Crippen molar-refractivity contribution < 1.29 is 46.2 Å². The first kappa shape index (κ1) is 21.5. The molecule has 0 N–H and O–H groups in total. The van der Waals surface area contributed by atoms with Crippen LogP contribution < -0.4 is 4.74 Å². The minimum absolute atomic E-state index is 0.00282. The van der Waals surface area contributed by atoms with Crippen molar-refractivity contribution >= 4 is 17.8 Å². The van der Waals surface area contributed by atoms with Crippen molar-refractivity contribution in [3.05, 3.63) is 41.5 Å². The molecule has 7 nitrogen and oxygen atoms in total. The largest absolute Gasteiger partial charge is 0.420 e. The molecule has 1 aliphatic rings. The number of benzene rings is 1. The second kappa shape index (κ2) is 9.95. The third-order valence-electron chi connectivity index (χ3n) is 3.47. The van der Waals surface area contributed by atoms with Crippen LogP contribution in [0.15, 0.2) is 18.2 Å². The number of imide groups is 1. The fourth-order valence-corrected chi connectivity index (χ4v) is 2.09. The maximum atomic E-state index is 13.4. The molecule has 0 spiro atoms. The molecule has 11 heteroatoms. The monoisotopic (exact) mass is 405 g/mol. The van der Waals surface area contributed by atoms with E-state index < -0.39 is 53.2 Å². The molecule has 1 aromatic carbocycles. The van der Waals surface area contributed by atoms with E-state index >= 15 is 0 Å². The number of hydrogen-bond acceptors (Lipinski definition) is 6. The molecular formula is C17H15F4NO6. The van der Waals surface area contributed by atoms with E-state index in [0.717, 1.165) is 17.1 Å². The molecule has 1 heterocycles. The zero-order chi connectivity index (χ0) is 20.7. The summed E-state index contributed by atoms with van der Waals surface area (Å²) in [6, 6.07) is -0.00282. The topological polar surface area (TPSA) is 82.1 Å². The van der Waals surface area contributed by atoms with Gasteiger partial charge in [0.1, 0.15) is 0 Å². The first-order chi connectivity index (χ1) is 13.3. The summed E-state index contributed by atoms with van der Waals surface area (Å²) >= 11 is 0. The molecule has 0 saturated heterocycles. The lowest BCUT2D eigenvalue weighted by Gasteiger charge is -2.13. The van der Waals surface area contributed by atoms with Crippen LogP contribution in [0.3, 0.4) is 0 Å². The summed E-state index contributed by atoms with van der Waals surface area (Å²) in [4.78, 5) is 35.0. The lowest BCUT2D eigenvalue weighted by Crippen LogP contribution is -2.33. The van der Waals surface area contributed by atoms with Crippen LogP contribution >= 0.6 is 0 Å². The van der Waals surface area contributed by atoms with Gasteiger partial charge < -0.3 is 14.2 Å². The van der Waals surface area contributed by atoms with E-state index in [1.807, 2.05) is 0 Å².